The van der Waals surface area contributed by atoms with Crippen LogP contribution in [-0.2, 0) is 11.6 Å². The van der Waals surface area contributed by atoms with E-state index in [1.54, 1.807) is 0 Å². The summed E-state index contributed by atoms with van der Waals surface area (Å²) in [5.74, 6) is 2.16. The van der Waals surface area contributed by atoms with Gasteiger partial charge < -0.3 is 4.57 Å². The van der Waals surface area contributed by atoms with Crippen molar-refractivity contribution < 1.29 is 0 Å². The van der Waals surface area contributed by atoms with Gasteiger partial charge in [0.1, 0.15) is 7.85 Å². The fourth-order valence-corrected chi connectivity index (χ4v) is 8.42. The average Bonchev–Trinajstić information content (AvgIpc) is 3.66. The third-order valence-electron chi connectivity index (χ3n) is 8.46. The first-order chi connectivity index (χ1) is 22.2. The lowest BCUT2D eigenvalue weighted by molar-refractivity contribution is 0.596. The molecule has 0 aliphatic carbocycles. The minimum Gasteiger partial charge on any atom is -0.326 e. The van der Waals surface area contributed by atoms with Crippen LogP contribution >= 0.6 is 0 Å². The Balaban J connectivity index is 0.000000223. The van der Waals surface area contributed by atoms with Gasteiger partial charge in [0, 0.05) is 12.4 Å². The van der Waals surface area contributed by atoms with Crippen LogP contribution in [0, 0.1) is 0 Å². The van der Waals surface area contributed by atoms with Crippen molar-refractivity contribution in [2.24, 2.45) is 0 Å². The molecule has 0 bridgehead atoms. The normalized spacial score (nSPS) is 11.1. The molecule has 1 aromatic heterocycles. The number of imidazole rings is 1. The average molecular weight is 603 g/mol. The Bertz CT molecular complexity index is 1620. The van der Waals surface area contributed by atoms with Crippen LogP contribution in [0.15, 0.2) is 170 Å². The van der Waals surface area contributed by atoms with E-state index >= 15 is 0 Å². The van der Waals surface area contributed by atoms with Gasteiger partial charge in [0.2, 0.25) is 0 Å². The standard InChI is InChI=1S/C27H30N2Si.C14H13B/c1-2-3-6-11-23-16-18-26(19-17-23)30-27(29-21-20-28-22-29,24-12-7-4-8-13-24)25-14-9-5-10-15-25;15-11-14(12-7-3-1-4-8-12)13-9-5-2-6-10-13/h4-5,7-10,12-22H,2-3,6,11,30H2,1H3;1-11H,15H2. The molecule has 0 aliphatic heterocycles. The molecule has 6 rings (SSSR count). The van der Waals surface area contributed by atoms with Crippen molar-refractivity contribution in [1.29, 1.82) is 0 Å². The van der Waals surface area contributed by atoms with Crippen molar-refractivity contribution in [3.8, 4) is 0 Å². The molecule has 0 atom stereocenters. The van der Waals surface area contributed by atoms with Gasteiger partial charge in [-0.05, 0) is 46.2 Å². The van der Waals surface area contributed by atoms with E-state index in [4.69, 9.17) is 0 Å². The van der Waals surface area contributed by atoms with Gasteiger partial charge in [-0.15, -0.1) is 5.98 Å². The van der Waals surface area contributed by atoms with Gasteiger partial charge in [-0.25, -0.2) is 4.98 Å². The van der Waals surface area contributed by atoms with E-state index < -0.39 is 9.52 Å². The minimum atomic E-state index is -0.786. The lowest BCUT2D eigenvalue weighted by atomic mass is 9.92. The second kappa shape index (κ2) is 16.4. The summed E-state index contributed by atoms with van der Waals surface area (Å²) in [4.78, 5) is 4.42. The first-order valence-corrected chi connectivity index (χ1v) is 17.6. The third-order valence-corrected chi connectivity index (χ3v) is 11.0. The molecule has 0 N–H and O–H groups in total. The van der Waals surface area contributed by atoms with Crippen LogP contribution in [-0.4, -0.2) is 26.9 Å². The van der Waals surface area contributed by atoms with E-state index in [2.05, 4.69) is 170 Å². The molecule has 224 valence electrons. The van der Waals surface area contributed by atoms with E-state index in [9.17, 15) is 0 Å². The minimum absolute atomic E-state index is 0.206. The van der Waals surface area contributed by atoms with Crippen molar-refractivity contribution in [2.45, 2.75) is 37.8 Å². The SMILES string of the molecule is BC=C(c1ccccc1)c1ccccc1.CCCCCc1ccc([SiH2]C(c2ccccc2)(c2ccccc2)n2ccnc2)cc1. The molecule has 0 fully saturated rings. The predicted octanol–water partition coefficient (Wildman–Crippen LogP) is 7.57. The number of hydrogen-bond acceptors (Lipinski definition) is 1. The smallest absolute Gasteiger partial charge is 0.130 e. The summed E-state index contributed by atoms with van der Waals surface area (Å²) in [6, 6.07) is 52.2. The molecule has 5 aromatic carbocycles. The van der Waals surface area contributed by atoms with Crippen molar-refractivity contribution in [2.75, 3.05) is 0 Å². The molecule has 0 saturated heterocycles. The fourth-order valence-electron chi connectivity index (χ4n) is 6.11. The maximum absolute atomic E-state index is 4.42. The highest BCUT2D eigenvalue weighted by Gasteiger charge is 2.36. The van der Waals surface area contributed by atoms with Gasteiger partial charge in [-0.1, -0.05) is 171 Å². The lowest BCUT2D eigenvalue weighted by Crippen LogP contribution is -2.46. The summed E-state index contributed by atoms with van der Waals surface area (Å²) in [6.07, 6.45) is 11.0. The maximum Gasteiger partial charge on any atom is 0.130 e. The van der Waals surface area contributed by atoms with Crippen LogP contribution in [0.25, 0.3) is 5.57 Å². The first-order valence-electron chi connectivity index (χ1n) is 16.2. The molecule has 1 heterocycles. The number of aryl methyl sites for hydroxylation is 1. The van der Waals surface area contributed by atoms with Crippen molar-refractivity contribution in [3.63, 3.8) is 0 Å². The van der Waals surface area contributed by atoms with Gasteiger partial charge in [0.05, 0.1) is 21.0 Å². The Morgan fingerprint density at radius 2 is 1.20 bits per heavy atom. The summed E-state index contributed by atoms with van der Waals surface area (Å²) in [7, 11) is 1.29. The maximum atomic E-state index is 4.42. The quantitative estimate of drug-likeness (QED) is 0.111. The zero-order valence-electron chi connectivity index (χ0n) is 26.6. The number of unbranched alkanes of at least 4 members (excludes halogenated alkanes) is 2. The van der Waals surface area contributed by atoms with E-state index in [0.29, 0.717) is 0 Å². The molecule has 4 heteroatoms. The molecule has 45 heavy (non-hydrogen) atoms. The van der Waals surface area contributed by atoms with Crippen LogP contribution in [0.2, 0.25) is 0 Å². The van der Waals surface area contributed by atoms with Crippen LogP contribution in [0.1, 0.15) is 54.0 Å². The molecule has 0 amide bonds. The number of hydrogen-bond donors (Lipinski definition) is 0. The Hall–Kier alpha value is -4.67. The van der Waals surface area contributed by atoms with E-state index in [1.165, 1.54) is 64.3 Å². The van der Waals surface area contributed by atoms with Gasteiger partial charge in [-0.2, -0.15) is 0 Å². The second-order valence-electron chi connectivity index (χ2n) is 11.4. The van der Waals surface area contributed by atoms with Gasteiger partial charge in [0.15, 0.2) is 0 Å². The molecule has 0 unspecified atom stereocenters. The molecule has 0 saturated carbocycles. The molecule has 0 radical (unpaired) electrons. The Labute approximate surface area is 272 Å². The number of benzene rings is 5. The largest absolute Gasteiger partial charge is 0.326 e. The van der Waals surface area contributed by atoms with Crippen LogP contribution in [0.5, 0.6) is 0 Å². The highest BCUT2D eigenvalue weighted by atomic mass is 28.2. The van der Waals surface area contributed by atoms with E-state index in [0.717, 1.165) is 0 Å². The number of nitrogens with zero attached hydrogens (tertiary/aromatic N) is 2. The molecule has 0 aliphatic rings. The topological polar surface area (TPSA) is 17.8 Å². The molecule has 0 spiro atoms. The summed E-state index contributed by atoms with van der Waals surface area (Å²) < 4.78 is 2.32. The summed E-state index contributed by atoms with van der Waals surface area (Å²) >= 11 is 0. The van der Waals surface area contributed by atoms with Gasteiger partial charge in [0.25, 0.3) is 0 Å². The number of aromatic nitrogens is 2. The summed E-state index contributed by atoms with van der Waals surface area (Å²) in [5, 5.41) is 1.26. The highest BCUT2D eigenvalue weighted by Crippen LogP contribution is 2.33. The molecule has 6 aromatic rings. The Morgan fingerprint density at radius 3 is 1.64 bits per heavy atom. The summed E-state index contributed by atoms with van der Waals surface area (Å²) in [5.41, 5.74) is 7.93. The number of rotatable bonds is 11. The molecular formula is C41H43BN2Si. The third kappa shape index (κ3) is 8.09. The Morgan fingerprint density at radius 1 is 0.689 bits per heavy atom. The fraction of sp³-hybridized carbons (Fsp3) is 0.146. The monoisotopic (exact) mass is 602 g/mol. The van der Waals surface area contributed by atoms with Gasteiger partial charge >= 0.3 is 0 Å². The van der Waals surface area contributed by atoms with Crippen LogP contribution < -0.4 is 5.19 Å². The Kier molecular flexibility index (Phi) is 11.6. The zero-order chi connectivity index (χ0) is 31.2. The van der Waals surface area contributed by atoms with Crippen LogP contribution in [0.3, 0.4) is 0 Å². The first kappa shape index (κ1) is 31.7. The highest BCUT2D eigenvalue weighted by molar-refractivity contribution is 6.57. The predicted molar refractivity (Wildman–Crippen MR) is 198 cm³/mol. The lowest BCUT2D eigenvalue weighted by Gasteiger charge is -2.37. The molecular weight excluding hydrogens is 559 g/mol. The summed E-state index contributed by atoms with van der Waals surface area (Å²) in [6.45, 7) is 2.26. The second-order valence-corrected chi connectivity index (χ2v) is 13.6. The van der Waals surface area contributed by atoms with Crippen LogP contribution in [0.4, 0.5) is 0 Å². The molecule has 2 nitrogen and oxygen atoms in total. The van der Waals surface area contributed by atoms with E-state index in [-0.39, 0.29) is 5.16 Å². The van der Waals surface area contributed by atoms with Crippen molar-refractivity contribution in [1.82, 2.24) is 9.55 Å². The van der Waals surface area contributed by atoms with E-state index in [1.807, 2.05) is 24.7 Å². The zero-order valence-corrected chi connectivity index (χ0v) is 28.0. The van der Waals surface area contributed by atoms with Crippen molar-refractivity contribution >= 4 is 28.1 Å². The van der Waals surface area contributed by atoms with Gasteiger partial charge in [-0.3, -0.25) is 0 Å². The van der Waals surface area contributed by atoms with Crippen molar-refractivity contribution in [3.05, 3.63) is 198 Å².